The minimum Gasteiger partial charge on any atom is -0.490 e. The third kappa shape index (κ3) is 4.63. The summed E-state index contributed by atoms with van der Waals surface area (Å²) in [5.41, 5.74) is 0.641. The number of terminal acetylenes is 1. The molecule has 27 heavy (non-hydrogen) atoms. The second kappa shape index (κ2) is 9.14. The van der Waals surface area contributed by atoms with E-state index in [1.807, 2.05) is 6.92 Å². The summed E-state index contributed by atoms with van der Waals surface area (Å²) < 4.78 is 15.6. The highest BCUT2D eigenvalue weighted by atomic mass is 32.2. The Morgan fingerprint density at radius 1 is 1.33 bits per heavy atom. The fourth-order valence-electron chi connectivity index (χ4n) is 2.36. The summed E-state index contributed by atoms with van der Waals surface area (Å²) in [6.45, 7) is 3.79. The molecule has 0 aromatic heterocycles. The number of esters is 1. The normalized spacial score (nSPS) is 16.2. The third-order valence-electron chi connectivity index (χ3n) is 3.63. The van der Waals surface area contributed by atoms with Crippen LogP contribution < -0.4 is 9.47 Å². The van der Waals surface area contributed by atoms with Crippen molar-refractivity contribution in [2.45, 2.75) is 19.9 Å². The number of methoxy groups -OCH3 is 1. The number of imide groups is 1. The molecular formula is C19H19NO6S. The molecule has 1 aliphatic rings. The van der Waals surface area contributed by atoms with Gasteiger partial charge in [0.15, 0.2) is 11.5 Å². The van der Waals surface area contributed by atoms with Crippen molar-refractivity contribution in [2.75, 3.05) is 20.3 Å². The average molecular weight is 389 g/mol. The standard InChI is InChI=1S/C19H19NO6S/c1-5-9-26-14-8-7-13(10-15(14)25-6-2)11-16-17(21)20(19(23)27-16)12(3)18(22)24-4/h1,7-8,10-12H,6,9H2,2-4H3/b16-11-/t12-/m0/s1. The maximum absolute atomic E-state index is 12.5. The predicted molar refractivity (Wildman–Crippen MR) is 101 cm³/mol. The highest BCUT2D eigenvalue weighted by Crippen LogP contribution is 2.35. The zero-order valence-electron chi connectivity index (χ0n) is 15.2. The molecule has 2 amide bonds. The second-order valence-electron chi connectivity index (χ2n) is 5.38. The van der Waals surface area contributed by atoms with E-state index >= 15 is 0 Å². The fourth-order valence-corrected chi connectivity index (χ4v) is 3.27. The van der Waals surface area contributed by atoms with Crippen molar-refractivity contribution < 1.29 is 28.6 Å². The summed E-state index contributed by atoms with van der Waals surface area (Å²) >= 11 is 0.762. The first kappa shape index (κ1) is 20.4. The lowest BCUT2D eigenvalue weighted by atomic mass is 10.1. The van der Waals surface area contributed by atoms with Crippen LogP contribution in [0.2, 0.25) is 0 Å². The van der Waals surface area contributed by atoms with Crippen LogP contribution in [0.1, 0.15) is 19.4 Å². The van der Waals surface area contributed by atoms with E-state index < -0.39 is 23.2 Å². The molecule has 1 aliphatic heterocycles. The van der Waals surface area contributed by atoms with Gasteiger partial charge < -0.3 is 14.2 Å². The van der Waals surface area contributed by atoms with Crippen molar-refractivity contribution in [2.24, 2.45) is 0 Å². The first-order valence-corrected chi connectivity index (χ1v) is 8.92. The maximum atomic E-state index is 12.5. The summed E-state index contributed by atoms with van der Waals surface area (Å²) in [4.78, 5) is 37.4. The Morgan fingerprint density at radius 2 is 2.07 bits per heavy atom. The molecule has 0 N–H and O–H groups in total. The molecule has 0 spiro atoms. The number of hydrogen-bond donors (Lipinski definition) is 0. The average Bonchev–Trinajstić information content (AvgIpc) is 2.93. The van der Waals surface area contributed by atoms with Gasteiger partial charge in [0.25, 0.3) is 11.1 Å². The first-order valence-electron chi connectivity index (χ1n) is 8.10. The first-order chi connectivity index (χ1) is 12.9. The number of thioether (sulfide) groups is 1. The molecule has 0 radical (unpaired) electrons. The zero-order valence-corrected chi connectivity index (χ0v) is 16.0. The van der Waals surface area contributed by atoms with Gasteiger partial charge in [-0.3, -0.25) is 14.5 Å². The Hall–Kier alpha value is -2.92. The molecule has 1 heterocycles. The number of carbonyl (C=O) groups excluding carboxylic acids is 3. The number of benzene rings is 1. The van der Waals surface area contributed by atoms with Gasteiger partial charge in [0.1, 0.15) is 12.6 Å². The van der Waals surface area contributed by atoms with Crippen molar-refractivity contribution in [1.82, 2.24) is 4.90 Å². The molecule has 2 rings (SSSR count). The van der Waals surface area contributed by atoms with Crippen LogP contribution in [0.3, 0.4) is 0 Å². The second-order valence-corrected chi connectivity index (χ2v) is 6.38. The van der Waals surface area contributed by atoms with E-state index in [4.69, 9.17) is 15.9 Å². The lowest BCUT2D eigenvalue weighted by molar-refractivity contribution is -0.148. The Morgan fingerprint density at radius 3 is 2.70 bits per heavy atom. The van der Waals surface area contributed by atoms with Crippen molar-refractivity contribution in [3.8, 4) is 23.8 Å². The minimum atomic E-state index is -0.994. The number of ether oxygens (including phenoxy) is 3. The van der Waals surface area contributed by atoms with Crippen molar-refractivity contribution in [1.29, 1.82) is 0 Å². The van der Waals surface area contributed by atoms with E-state index in [1.54, 1.807) is 24.3 Å². The summed E-state index contributed by atoms with van der Waals surface area (Å²) in [7, 11) is 1.20. The van der Waals surface area contributed by atoms with Crippen LogP contribution >= 0.6 is 11.8 Å². The highest BCUT2D eigenvalue weighted by molar-refractivity contribution is 8.18. The molecule has 0 bridgehead atoms. The smallest absolute Gasteiger partial charge is 0.328 e. The van der Waals surface area contributed by atoms with Crippen molar-refractivity contribution in [3.05, 3.63) is 28.7 Å². The van der Waals surface area contributed by atoms with Crippen molar-refractivity contribution >= 4 is 35.0 Å². The van der Waals surface area contributed by atoms with E-state index in [0.29, 0.717) is 23.7 Å². The summed E-state index contributed by atoms with van der Waals surface area (Å²) in [5.74, 6) is 2.13. The molecule has 1 fully saturated rings. The van der Waals surface area contributed by atoms with Crippen LogP contribution in [0, 0.1) is 12.3 Å². The van der Waals surface area contributed by atoms with Crippen LogP contribution in [0.4, 0.5) is 4.79 Å². The summed E-state index contributed by atoms with van der Waals surface area (Å²) in [5, 5.41) is -0.525. The Bertz CT molecular complexity index is 826. The molecule has 1 aromatic carbocycles. The van der Waals surface area contributed by atoms with Crippen LogP contribution in [0.25, 0.3) is 6.08 Å². The molecule has 1 atom stereocenters. The molecule has 1 aromatic rings. The number of rotatable bonds is 7. The van der Waals surface area contributed by atoms with Crippen LogP contribution in [-0.2, 0) is 14.3 Å². The topological polar surface area (TPSA) is 82.1 Å². The lowest BCUT2D eigenvalue weighted by Gasteiger charge is -2.18. The summed E-state index contributed by atoms with van der Waals surface area (Å²) in [6, 6.07) is 4.08. The van der Waals surface area contributed by atoms with Crippen LogP contribution in [0.15, 0.2) is 23.1 Å². The third-order valence-corrected chi connectivity index (χ3v) is 4.51. The Kier molecular flexibility index (Phi) is 6.91. The number of amides is 2. The van der Waals surface area contributed by atoms with Gasteiger partial charge in [-0.25, -0.2) is 4.79 Å². The SMILES string of the molecule is C#CCOc1ccc(/C=C2\SC(=O)N([C@@H](C)C(=O)OC)C2=O)cc1OCC. The van der Waals surface area contributed by atoms with E-state index in [0.717, 1.165) is 16.7 Å². The van der Waals surface area contributed by atoms with Gasteiger partial charge in [-0.05, 0) is 49.4 Å². The fraction of sp³-hybridized carbons (Fsp3) is 0.316. The number of nitrogens with zero attached hydrogens (tertiary/aromatic N) is 1. The summed E-state index contributed by atoms with van der Waals surface area (Å²) in [6.07, 6.45) is 6.76. The quantitative estimate of drug-likeness (QED) is 0.403. The maximum Gasteiger partial charge on any atom is 0.328 e. The zero-order chi connectivity index (χ0) is 20.0. The molecule has 0 aliphatic carbocycles. The molecule has 7 nitrogen and oxygen atoms in total. The number of hydrogen-bond acceptors (Lipinski definition) is 7. The minimum absolute atomic E-state index is 0.101. The van der Waals surface area contributed by atoms with E-state index in [2.05, 4.69) is 10.7 Å². The predicted octanol–water partition coefficient (Wildman–Crippen LogP) is 2.70. The van der Waals surface area contributed by atoms with E-state index in [9.17, 15) is 14.4 Å². The largest absolute Gasteiger partial charge is 0.490 e. The molecular weight excluding hydrogens is 370 g/mol. The molecule has 0 saturated carbocycles. The lowest BCUT2D eigenvalue weighted by Crippen LogP contribution is -2.42. The highest BCUT2D eigenvalue weighted by Gasteiger charge is 2.41. The molecule has 0 unspecified atom stereocenters. The van der Waals surface area contributed by atoms with Gasteiger partial charge in [0, 0.05) is 0 Å². The Balaban J connectivity index is 2.29. The van der Waals surface area contributed by atoms with E-state index in [1.165, 1.54) is 14.0 Å². The molecule has 1 saturated heterocycles. The van der Waals surface area contributed by atoms with Gasteiger partial charge in [-0.2, -0.15) is 0 Å². The Labute approximate surface area is 161 Å². The van der Waals surface area contributed by atoms with Gasteiger partial charge >= 0.3 is 5.97 Å². The van der Waals surface area contributed by atoms with Gasteiger partial charge in [-0.15, -0.1) is 6.42 Å². The van der Waals surface area contributed by atoms with Gasteiger partial charge in [-0.1, -0.05) is 12.0 Å². The van der Waals surface area contributed by atoms with E-state index in [-0.39, 0.29) is 11.5 Å². The van der Waals surface area contributed by atoms with Crippen molar-refractivity contribution in [3.63, 3.8) is 0 Å². The number of carbonyl (C=O) groups is 3. The monoisotopic (exact) mass is 389 g/mol. The molecule has 8 heteroatoms. The van der Waals surface area contributed by atoms with Gasteiger partial charge in [0.2, 0.25) is 0 Å². The van der Waals surface area contributed by atoms with Crippen LogP contribution in [-0.4, -0.2) is 48.4 Å². The molecule has 142 valence electrons. The van der Waals surface area contributed by atoms with Gasteiger partial charge in [0.05, 0.1) is 18.6 Å². The van der Waals surface area contributed by atoms with Crippen LogP contribution in [0.5, 0.6) is 11.5 Å².